The lowest BCUT2D eigenvalue weighted by Crippen LogP contribution is -2.22. The Hall–Kier alpha value is -4.11. The highest BCUT2D eigenvalue weighted by atomic mass is 14.9. The first kappa shape index (κ1) is 34.4. The summed E-state index contributed by atoms with van der Waals surface area (Å²) in [4.78, 5) is 5.34. The van der Waals surface area contributed by atoms with Crippen LogP contribution in [0, 0.1) is 6.92 Å². The smallest absolute Gasteiger partial charge is 0.0922 e. The van der Waals surface area contributed by atoms with Crippen molar-refractivity contribution in [3.8, 4) is 22.3 Å². The highest BCUT2D eigenvalue weighted by molar-refractivity contribution is 5.98. The van der Waals surface area contributed by atoms with Crippen LogP contribution >= 0.6 is 0 Å². The van der Waals surface area contributed by atoms with Crippen molar-refractivity contribution in [2.75, 3.05) is 0 Å². The van der Waals surface area contributed by atoms with Crippen LogP contribution in [0.1, 0.15) is 103 Å². The van der Waals surface area contributed by atoms with Crippen LogP contribution in [0.15, 0.2) is 85.7 Å². The van der Waals surface area contributed by atoms with Crippen LogP contribution in [0.2, 0.25) is 0 Å². The fourth-order valence-electron chi connectivity index (χ4n) is 5.78. The molecule has 232 valence electrons. The molecule has 3 nitrogen and oxygen atoms in total. The van der Waals surface area contributed by atoms with Crippen molar-refractivity contribution in [2.45, 2.75) is 92.9 Å². The summed E-state index contributed by atoms with van der Waals surface area (Å²) in [5.41, 5.74) is 18.5. The summed E-state index contributed by atoms with van der Waals surface area (Å²) >= 11 is 0. The Kier molecular flexibility index (Phi) is 12.6. The van der Waals surface area contributed by atoms with E-state index >= 15 is 0 Å². The molecule has 3 aromatic carbocycles. The van der Waals surface area contributed by atoms with Crippen molar-refractivity contribution >= 4 is 28.7 Å². The molecule has 0 saturated carbocycles. The first-order valence-corrected chi connectivity index (χ1v) is 16.5. The Bertz CT molecular complexity index is 1690. The van der Waals surface area contributed by atoms with Crippen LogP contribution in [0.4, 0.5) is 0 Å². The van der Waals surface area contributed by atoms with Crippen LogP contribution in [-0.2, 0) is 5.41 Å². The van der Waals surface area contributed by atoms with E-state index in [1.807, 2.05) is 26.0 Å². The second kappa shape index (κ2) is 16.1. The van der Waals surface area contributed by atoms with E-state index < -0.39 is 0 Å². The van der Waals surface area contributed by atoms with Crippen molar-refractivity contribution in [2.24, 2.45) is 5.73 Å². The van der Waals surface area contributed by atoms with Gasteiger partial charge < -0.3 is 10.1 Å². The average Bonchev–Trinajstić information content (AvgIpc) is 3.52. The molecule has 0 bridgehead atoms. The highest BCUT2D eigenvalue weighted by Gasteiger charge is 2.28. The summed E-state index contributed by atoms with van der Waals surface area (Å²) in [6.07, 6.45) is 13.6. The third-order valence-electron chi connectivity index (χ3n) is 8.61. The summed E-state index contributed by atoms with van der Waals surface area (Å²) in [7, 11) is 0. The zero-order valence-electron chi connectivity index (χ0n) is 28.4. The molecular weight excluding hydrogens is 534 g/mol. The van der Waals surface area contributed by atoms with Gasteiger partial charge in [-0.05, 0) is 71.3 Å². The maximum atomic E-state index is 5.94. The van der Waals surface area contributed by atoms with E-state index in [4.69, 9.17) is 10.7 Å². The predicted octanol–water partition coefficient (Wildman–Crippen LogP) is 12.0. The Morgan fingerprint density at radius 3 is 2.11 bits per heavy atom. The first-order valence-electron chi connectivity index (χ1n) is 16.5. The molecule has 0 aliphatic carbocycles. The number of fused-ring (bicyclic) bond motifs is 3. The first-order chi connectivity index (χ1) is 21.3. The van der Waals surface area contributed by atoms with Gasteiger partial charge in [0.05, 0.1) is 22.2 Å². The molecule has 2 N–H and O–H groups in total. The number of nitrogens with zero attached hydrogens (tertiary/aromatic N) is 2. The lowest BCUT2D eigenvalue weighted by atomic mass is 9.75. The molecule has 0 aliphatic heterocycles. The number of aromatic nitrogens is 2. The molecule has 2 heterocycles. The number of rotatable bonds is 9. The summed E-state index contributed by atoms with van der Waals surface area (Å²) < 4.78 is 2.34. The molecule has 2 aromatic heterocycles. The molecule has 3 heteroatoms. The van der Waals surface area contributed by atoms with E-state index in [1.54, 1.807) is 6.20 Å². The van der Waals surface area contributed by atoms with E-state index in [0.29, 0.717) is 0 Å². The maximum absolute atomic E-state index is 5.94. The van der Waals surface area contributed by atoms with Crippen LogP contribution < -0.4 is 5.73 Å². The monoisotopic (exact) mass is 587 g/mol. The maximum Gasteiger partial charge on any atom is 0.0922 e. The zero-order valence-corrected chi connectivity index (χ0v) is 28.4. The van der Waals surface area contributed by atoms with Gasteiger partial charge in [-0.3, -0.25) is 0 Å². The molecule has 0 spiro atoms. The van der Waals surface area contributed by atoms with E-state index in [0.717, 1.165) is 58.2 Å². The summed E-state index contributed by atoms with van der Waals surface area (Å²) in [5, 5.41) is 0. The molecule has 0 radical (unpaired) electrons. The number of unbranched alkanes of at least 4 members (excludes halogenated alkanes) is 1. The Morgan fingerprint density at radius 1 is 0.864 bits per heavy atom. The minimum absolute atomic E-state index is 0.0259. The van der Waals surface area contributed by atoms with Crippen LogP contribution in [-0.4, -0.2) is 9.38 Å². The van der Waals surface area contributed by atoms with E-state index in [2.05, 4.69) is 125 Å². The lowest BCUT2D eigenvalue weighted by Gasteiger charge is -2.30. The van der Waals surface area contributed by atoms with Crippen molar-refractivity contribution in [1.82, 2.24) is 9.38 Å². The van der Waals surface area contributed by atoms with Gasteiger partial charge in [-0.1, -0.05) is 141 Å². The molecule has 44 heavy (non-hydrogen) atoms. The largest absolute Gasteiger partial charge is 0.405 e. The van der Waals surface area contributed by atoms with E-state index in [-0.39, 0.29) is 5.41 Å². The topological polar surface area (TPSA) is 43.3 Å². The van der Waals surface area contributed by atoms with Gasteiger partial charge in [0.2, 0.25) is 0 Å². The van der Waals surface area contributed by atoms with E-state index in [9.17, 15) is 0 Å². The third-order valence-corrected chi connectivity index (χ3v) is 8.61. The van der Waals surface area contributed by atoms with Gasteiger partial charge in [-0.25, -0.2) is 4.98 Å². The zero-order chi connectivity index (χ0) is 32.3. The van der Waals surface area contributed by atoms with Gasteiger partial charge in [-0.2, -0.15) is 0 Å². The van der Waals surface area contributed by atoms with Crippen LogP contribution in [0.5, 0.6) is 0 Å². The number of hydrogen-bond acceptors (Lipinski definition) is 2. The lowest BCUT2D eigenvalue weighted by molar-refractivity contribution is 0.416. The molecule has 0 saturated heterocycles. The number of nitrogens with two attached hydrogens (primary N) is 1. The van der Waals surface area contributed by atoms with E-state index in [1.165, 1.54) is 35.1 Å². The molecule has 1 atom stereocenters. The van der Waals surface area contributed by atoms with Crippen molar-refractivity contribution < 1.29 is 0 Å². The quantitative estimate of drug-likeness (QED) is 0.186. The summed E-state index contributed by atoms with van der Waals surface area (Å²) in [6, 6.07) is 24.0. The minimum Gasteiger partial charge on any atom is -0.405 e. The highest BCUT2D eigenvalue weighted by Crippen LogP contribution is 2.41. The molecule has 1 unspecified atom stereocenters. The van der Waals surface area contributed by atoms with Gasteiger partial charge in [0.25, 0.3) is 0 Å². The van der Waals surface area contributed by atoms with Gasteiger partial charge >= 0.3 is 0 Å². The summed E-state index contributed by atoms with van der Waals surface area (Å²) in [6.45, 7) is 21.4. The number of benzene rings is 3. The average molecular weight is 588 g/mol. The third kappa shape index (κ3) is 7.16. The summed E-state index contributed by atoms with van der Waals surface area (Å²) in [5.74, 6) is 0. The van der Waals surface area contributed by atoms with Gasteiger partial charge in [-0.15, -0.1) is 0 Å². The molecular formula is C41H53N3. The molecule has 0 aliphatic rings. The fraction of sp³-hybridized carbons (Fsp3) is 0.341. The van der Waals surface area contributed by atoms with Crippen molar-refractivity contribution in [1.29, 1.82) is 0 Å². The van der Waals surface area contributed by atoms with Crippen LogP contribution in [0.25, 0.3) is 51.0 Å². The Balaban J connectivity index is 0.000000816. The van der Waals surface area contributed by atoms with Crippen molar-refractivity contribution in [3.63, 3.8) is 0 Å². The minimum atomic E-state index is 0.0259. The Morgan fingerprint density at radius 2 is 1.55 bits per heavy atom. The Labute approximate surface area is 266 Å². The SMILES string of the molecule is C=Cc1ccc(-c2cc3c(/C=C\N)nc4c(C(C)(CC)CCC)ccc(-c5ccccc5C)c4n3c2)cc1.CC.CCCC. The second-order valence-corrected chi connectivity index (χ2v) is 11.5. The predicted molar refractivity (Wildman–Crippen MR) is 196 cm³/mol. The normalized spacial score (nSPS) is 12.4. The molecule has 5 rings (SSSR count). The van der Waals surface area contributed by atoms with Crippen molar-refractivity contribution in [3.05, 3.63) is 108 Å². The fourth-order valence-corrected chi connectivity index (χ4v) is 5.78. The number of aryl methyl sites for hydroxylation is 1. The van der Waals surface area contributed by atoms with Gasteiger partial charge in [0, 0.05) is 17.3 Å². The van der Waals surface area contributed by atoms with Crippen LogP contribution in [0.3, 0.4) is 0 Å². The number of hydrogen-bond donors (Lipinski definition) is 1. The molecule has 0 fully saturated rings. The standard InChI is InChI=1S/C35H37N3.C4H10.C2H6/c1-6-20-35(5,8-3)30-18-17-29(28-12-10-9-11-24(28)4)34-33(30)37-31(19-21-36)32-22-27(23-38(32)34)26-15-13-25(7-2)14-16-26;1-3-4-2;1-2/h7,9-19,21-23H,2,6,8,20,36H2,1,3-5H3;3-4H2,1-2H3;1-2H3/b21-19-;;. The molecule has 5 aromatic rings. The van der Waals surface area contributed by atoms with Gasteiger partial charge in [0.1, 0.15) is 0 Å². The second-order valence-electron chi connectivity index (χ2n) is 11.5. The van der Waals surface area contributed by atoms with Gasteiger partial charge in [0.15, 0.2) is 0 Å². The molecule has 0 amide bonds.